The highest BCUT2D eigenvalue weighted by molar-refractivity contribution is 7.17. The molecule has 0 unspecified atom stereocenters. The van der Waals surface area contributed by atoms with Crippen LogP contribution in [0.4, 0.5) is 0 Å². The SMILES string of the molecule is Cc1ccc(-c2nc(C)c(C(=O)N3CCC[C@H](O)C3)s2)o1. The van der Waals surface area contributed by atoms with Crippen molar-refractivity contribution in [2.24, 2.45) is 0 Å². The average molecular weight is 306 g/mol. The van der Waals surface area contributed by atoms with Gasteiger partial charge in [0.25, 0.3) is 5.91 Å². The lowest BCUT2D eigenvalue weighted by Crippen LogP contribution is -2.42. The summed E-state index contributed by atoms with van der Waals surface area (Å²) < 4.78 is 5.56. The zero-order valence-electron chi connectivity index (χ0n) is 12.1. The largest absolute Gasteiger partial charge is 0.459 e. The lowest BCUT2D eigenvalue weighted by Gasteiger charge is -2.29. The third kappa shape index (κ3) is 2.87. The van der Waals surface area contributed by atoms with Crippen LogP contribution in [-0.4, -0.2) is 40.1 Å². The molecule has 0 saturated carbocycles. The van der Waals surface area contributed by atoms with Gasteiger partial charge in [0.05, 0.1) is 11.8 Å². The number of amides is 1. The standard InChI is InChI=1S/C15H18N2O3S/c1-9-5-6-12(20-9)14-16-10(2)13(21-14)15(19)17-7-3-4-11(18)8-17/h5-6,11,18H,3-4,7-8H2,1-2H3/t11-/m0/s1. The van der Waals surface area contributed by atoms with Gasteiger partial charge >= 0.3 is 0 Å². The zero-order chi connectivity index (χ0) is 15.0. The number of aliphatic hydroxyl groups excluding tert-OH is 1. The molecule has 0 aliphatic carbocycles. The highest BCUT2D eigenvalue weighted by Gasteiger charge is 2.26. The molecule has 3 rings (SSSR count). The van der Waals surface area contributed by atoms with E-state index >= 15 is 0 Å². The minimum absolute atomic E-state index is 0.0433. The summed E-state index contributed by atoms with van der Waals surface area (Å²) in [6, 6.07) is 3.75. The summed E-state index contributed by atoms with van der Waals surface area (Å²) in [7, 11) is 0. The number of aryl methyl sites for hydroxylation is 2. The summed E-state index contributed by atoms with van der Waals surface area (Å²) in [5, 5.41) is 10.4. The molecule has 0 radical (unpaired) electrons. The third-order valence-electron chi connectivity index (χ3n) is 3.63. The van der Waals surface area contributed by atoms with Crippen LogP contribution in [0, 0.1) is 13.8 Å². The molecule has 0 bridgehead atoms. The molecule has 1 aliphatic heterocycles. The maximum atomic E-state index is 12.6. The molecular formula is C15H18N2O3S. The summed E-state index contributed by atoms with van der Waals surface area (Å²) in [5.41, 5.74) is 0.717. The van der Waals surface area contributed by atoms with Crippen molar-refractivity contribution in [1.82, 2.24) is 9.88 Å². The molecule has 1 atom stereocenters. The number of thiazole rings is 1. The minimum atomic E-state index is -0.414. The molecule has 1 fully saturated rings. The fraction of sp³-hybridized carbons (Fsp3) is 0.467. The second-order valence-corrected chi connectivity index (χ2v) is 6.39. The Morgan fingerprint density at radius 3 is 2.95 bits per heavy atom. The van der Waals surface area contributed by atoms with Crippen molar-refractivity contribution in [3.8, 4) is 10.8 Å². The van der Waals surface area contributed by atoms with Crippen molar-refractivity contribution < 1.29 is 14.3 Å². The highest BCUT2D eigenvalue weighted by Crippen LogP contribution is 2.30. The van der Waals surface area contributed by atoms with Crippen LogP contribution in [0.2, 0.25) is 0 Å². The van der Waals surface area contributed by atoms with Crippen LogP contribution < -0.4 is 0 Å². The van der Waals surface area contributed by atoms with Crippen molar-refractivity contribution in [2.45, 2.75) is 32.8 Å². The Kier molecular flexibility index (Phi) is 3.82. The van der Waals surface area contributed by atoms with Gasteiger partial charge in [-0.3, -0.25) is 4.79 Å². The molecule has 21 heavy (non-hydrogen) atoms. The molecule has 3 heterocycles. The second kappa shape index (κ2) is 5.61. The second-order valence-electron chi connectivity index (χ2n) is 5.39. The van der Waals surface area contributed by atoms with Gasteiger partial charge in [0, 0.05) is 13.1 Å². The van der Waals surface area contributed by atoms with Gasteiger partial charge in [-0.1, -0.05) is 0 Å². The molecule has 1 aliphatic rings. The van der Waals surface area contributed by atoms with Gasteiger partial charge in [0.15, 0.2) is 10.8 Å². The van der Waals surface area contributed by atoms with Gasteiger partial charge in [-0.25, -0.2) is 4.98 Å². The Morgan fingerprint density at radius 2 is 2.29 bits per heavy atom. The molecule has 2 aromatic heterocycles. The number of rotatable bonds is 2. The Morgan fingerprint density at radius 1 is 1.48 bits per heavy atom. The van der Waals surface area contributed by atoms with Gasteiger partial charge < -0.3 is 14.4 Å². The fourth-order valence-corrected chi connectivity index (χ4v) is 3.53. The van der Waals surface area contributed by atoms with E-state index in [-0.39, 0.29) is 5.91 Å². The quantitative estimate of drug-likeness (QED) is 0.926. The summed E-state index contributed by atoms with van der Waals surface area (Å²) in [6.45, 7) is 4.82. The van der Waals surface area contributed by atoms with E-state index in [1.165, 1.54) is 11.3 Å². The highest BCUT2D eigenvalue weighted by atomic mass is 32.1. The number of piperidine rings is 1. The maximum absolute atomic E-state index is 12.6. The first-order valence-electron chi connectivity index (χ1n) is 7.06. The maximum Gasteiger partial charge on any atom is 0.265 e. The van der Waals surface area contributed by atoms with E-state index in [0.29, 0.717) is 29.4 Å². The monoisotopic (exact) mass is 306 g/mol. The van der Waals surface area contributed by atoms with Crippen LogP contribution in [0.1, 0.15) is 34.0 Å². The van der Waals surface area contributed by atoms with E-state index in [2.05, 4.69) is 4.98 Å². The van der Waals surface area contributed by atoms with Gasteiger partial charge in [0.2, 0.25) is 0 Å². The summed E-state index contributed by atoms with van der Waals surface area (Å²) >= 11 is 1.35. The van der Waals surface area contributed by atoms with Crippen molar-refractivity contribution in [3.63, 3.8) is 0 Å². The predicted octanol–water partition coefficient (Wildman–Crippen LogP) is 2.62. The Labute approximate surface area is 127 Å². The molecule has 112 valence electrons. The van der Waals surface area contributed by atoms with Crippen LogP contribution in [-0.2, 0) is 0 Å². The summed E-state index contributed by atoms with van der Waals surface area (Å²) in [5.74, 6) is 1.47. The third-order valence-corrected chi connectivity index (χ3v) is 4.79. The lowest BCUT2D eigenvalue weighted by atomic mass is 10.1. The van der Waals surface area contributed by atoms with Gasteiger partial charge in [-0.2, -0.15) is 0 Å². The van der Waals surface area contributed by atoms with E-state index in [0.717, 1.165) is 23.6 Å². The number of aliphatic hydroxyl groups is 1. The number of hydrogen-bond donors (Lipinski definition) is 1. The summed E-state index contributed by atoms with van der Waals surface area (Å²) in [6.07, 6.45) is 1.19. The molecule has 0 aromatic carbocycles. The molecule has 1 amide bonds. The van der Waals surface area contributed by atoms with Crippen LogP contribution in [0.25, 0.3) is 10.8 Å². The first kappa shape index (κ1) is 14.3. The van der Waals surface area contributed by atoms with Crippen LogP contribution in [0.3, 0.4) is 0 Å². The lowest BCUT2D eigenvalue weighted by molar-refractivity contribution is 0.0477. The first-order chi connectivity index (χ1) is 10.0. The Hall–Kier alpha value is -1.66. The van der Waals surface area contributed by atoms with Gasteiger partial charge in [0.1, 0.15) is 10.6 Å². The van der Waals surface area contributed by atoms with Crippen LogP contribution in [0.5, 0.6) is 0 Å². The Bertz CT molecular complexity index is 662. The number of carbonyl (C=O) groups is 1. The molecule has 6 heteroatoms. The molecule has 5 nitrogen and oxygen atoms in total. The van der Waals surface area contributed by atoms with E-state index in [9.17, 15) is 9.90 Å². The average Bonchev–Trinajstić information content (AvgIpc) is 3.04. The van der Waals surface area contributed by atoms with E-state index < -0.39 is 6.10 Å². The molecule has 1 saturated heterocycles. The topological polar surface area (TPSA) is 66.6 Å². The van der Waals surface area contributed by atoms with E-state index in [4.69, 9.17) is 4.42 Å². The smallest absolute Gasteiger partial charge is 0.265 e. The fourth-order valence-electron chi connectivity index (χ4n) is 2.53. The van der Waals surface area contributed by atoms with Crippen molar-refractivity contribution in [2.75, 3.05) is 13.1 Å². The van der Waals surface area contributed by atoms with Gasteiger partial charge in [-0.05, 0) is 38.8 Å². The van der Waals surface area contributed by atoms with E-state index in [1.54, 1.807) is 4.90 Å². The normalized spacial score (nSPS) is 19.0. The molecular weight excluding hydrogens is 288 g/mol. The number of hydrogen-bond acceptors (Lipinski definition) is 5. The first-order valence-corrected chi connectivity index (χ1v) is 7.88. The zero-order valence-corrected chi connectivity index (χ0v) is 12.9. The van der Waals surface area contributed by atoms with Crippen molar-refractivity contribution in [3.05, 3.63) is 28.5 Å². The number of furan rings is 1. The van der Waals surface area contributed by atoms with Gasteiger partial charge in [-0.15, -0.1) is 11.3 Å². The number of aromatic nitrogens is 1. The molecule has 0 spiro atoms. The number of β-amino-alcohol motifs (C(OH)–C–C–N with tert-alkyl or cyclic N) is 1. The van der Waals surface area contributed by atoms with Crippen LogP contribution in [0.15, 0.2) is 16.5 Å². The molecule has 2 aromatic rings. The number of likely N-dealkylation sites (tertiary alicyclic amines) is 1. The van der Waals surface area contributed by atoms with E-state index in [1.807, 2.05) is 26.0 Å². The number of nitrogens with zero attached hydrogens (tertiary/aromatic N) is 2. The predicted molar refractivity (Wildman–Crippen MR) is 80.4 cm³/mol. The van der Waals surface area contributed by atoms with Crippen LogP contribution >= 0.6 is 11.3 Å². The number of carbonyl (C=O) groups excluding carboxylic acids is 1. The summed E-state index contributed by atoms with van der Waals surface area (Å²) in [4.78, 5) is 19.4. The Balaban J connectivity index is 1.85. The molecule has 1 N–H and O–H groups in total. The minimum Gasteiger partial charge on any atom is -0.459 e. The van der Waals surface area contributed by atoms with Crippen molar-refractivity contribution >= 4 is 17.2 Å². The van der Waals surface area contributed by atoms with Crippen molar-refractivity contribution in [1.29, 1.82) is 0 Å².